The highest BCUT2D eigenvalue weighted by atomic mass is 16.6. The smallest absolute Gasteiger partial charge is 0.238 e. The van der Waals surface area contributed by atoms with E-state index in [9.17, 15) is 29.2 Å². The largest absolute Gasteiger partial charge is 0.416 e. The standard InChI is InChI=1S/C34H43N3O3.C31H40N2O2.C4H6N2O/c1-29(2)11-13-34(28(40)37-16-15-36-20-37)14-12-33(7)26(21(34)18-29)23(38)17-25-31(5)19-22(35-8)27(39)30(3,4)24(31)9-10-32(25,33)6;1-26(2)11-13-31(18-32)14-12-30(7)24(19(31)16-26)21(34)15-23-28(5)17-20(33-8)25(35)27(3,4)22(28)9-10-29(23,30)6;1-7-6-3-2-5-4-6/h15-17,19-21,24,26H,9-14,18H2,1-7H3;15,17,19,22,24H,9-14,16H2,1-7H3;2-4H,1H3/t21?,24-,26?,31-,32+,33+,34-;19?,22-,24?,28-,29+,30+,31+;/m00./s1/i;;1D2. The highest BCUT2D eigenvalue weighted by molar-refractivity contribution is 6.04. The molecule has 2 heterocycles. The maximum absolute atomic E-state index is 14.6. The number of hydrogen-bond donors (Lipinski definition) is 0. The molecule has 0 radical (unpaired) electrons. The molecule has 12 rings (SSSR count). The van der Waals surface area contributed by atoms with Gasteiger partial charge in [-0.15, -0.1) is 0 Å². The first-order valence-electron chi connectivity index (χ1n) is 31.4. The van der Waals surface area contributed by atoms with E-state index in [1.807, 2.05) is 52.0 Å². The molecule has 0 N–H and O–H groups in total. The molecule has 13 nitrogen and oxygen atoms in total. The second kappa shape index (κ2) is 19.0. The van der Waals surface area contributed by atoms with Gasteiger partial charge in [0.05, 0.1) is 39.0 Å². The molecule has 10 aliphatic carbocycles. The first kappa shape index (κ1) is 56.5. The van der Waals surface area contributed by atoms with E-state index in [1.54, 1.807) is 23.3 Å². The van der Waals surface area contributed by atoms with Crippen LogP contribution in [0.25, 0.3) is 9.69 Å². The van der Waals surface area contributed by atoms with E-state index in [0.29, 0.717) is 0 Å². The molecule has 0 bridgehead atoms. The summed E-state index contributed by atoms with van der Waals surface area (Å²) in [6.07, 6.45) is 29.5. The average Bonchev–Trinajstić information content (AvgIpc) is 1.42. The first-order chi connectivity index (χ1) is 39.0. The monoisotopic (exact) mass is 1110 g/mol. The molecule has 0 saturated heterocycles. The topological polar surface area (TPSA) is 163 Å². The molecular formula is C69H89N7O6. The second-order valence-corrected chi connectivity index (χ2v) is 31.2. The van der Waals surface area contributed by atoms with Crippen LogP contribution in [-0.2, 0) is 19.2 Å². The van der Waals surface area contributed by atoms with Crippen LogP contribution in [0.15, 0.2) is 84.3 Å². The van der Waals surface area contributed by atoms with Crippen molar-refractivity contribution in [3.05, 3.63) is 107 Å². The van der Waals surface area contributed by atoms with Crippen molar-refractivity contribution in [3.8, 4) is 6.07 Å². The molecular weight excluding hydrogens is 1020 g/mol. The Bertz CT molecular complexity index is 3360. The number of imidazole rings is 2. The zero-order valence-electron chi connectivity index (χ0n) is 53.3. The number of carbonyl (C=O) groups is 5. The Labute approximate surface area is 490 Å². The van der Waals surface area contributed by atoms with Crippen molar-refractivity contribution in [3.63, 3.8) is 0 Å². The molecule has 2 aromatic rings. The van der Waals surface area contributed by atoms with Crippen molar-refractivity contribution in [2.75, 3.05) is 7.06 Å². The molecule has 6 saturated carbocycles. The van der Waals surface area contributed by atoms with Gasteiger partial charge in [0.25, 0.3) is 0 Å². The average molecular weight is 1110 g/mol. The molecule has 4 unspecified atom stereocenters. The van der Waals surface area contributed by atoms with Gasteiger partial charge in [0.15, 0.2) is 23.1 Å². The number of nitrogens with zero attached hydrogens (tertiary/aromatic N) is 7. The lowest BCUT2D eigenvalue weighted by Crippen LogP contribution is -2.66. The number of nitriles is 1. The number of Topliss-reactive ketones (excluding diaryl/α,β-unsaturated/α-hetero) is 2. The molecule has 0 spiro atoms. The number of rotatable bonds is 2. The quantitative estimate of drug-likeness (QED) is 0.266. The molecule has 0 amide bonds. The van der Waals surface area contributed by atoms with Gasteiger partial charge in [-0.25, -0.2) is 19.7 Å². The Morgan fingerprint density at radius 1 is 0.634 bits per heavy atom. The van der Waals surface area contributed by atoms with Crippen LogP contribution < -0.4 is 4.84 Å². The fourth-order valence-corrected chi connectivity index (χ4v) is 20.7. The zero-order valence-corrected chi connectivity index (χ0v) is 51.3. The number of aromatic nitrogens is 4. The maximum atomic E-state index is 14.6. The van der Waals surface area contributed by atoms with Gasteiger partial charge in [-0.3, -0.25) is 19.0 Å². The van der Waals surface area contributed by atoms with Crippen LogP contribution in [0, 0.1) is 125 Å². The van der Waals surface area contributed by atoms with Crippen molar-refractivity contribution in [1.82, 2.24) is 19.3 Å². The fourth-order valence-electron chi connectivity index (χ4n) is 20.7. The number of carbonyl (C=O) groups excluding carboxylic acids is 5. The molecule has 436 valence electrons. The highest BCUT2D eigenvalue weighted by Gasteiger charge is 2.73. The Kier molecular flexibility index (Phi) is 13.1. The van der Waals surface area contributed by atoms with Crippen LogP contribution >= 0.6 is 0 Å². The van der Waals surface area contributed by atoms with Crippen molar-refractivity contribution >= 4 is 29.0 Å². The van der Waals surface area contributed by atoms with Crippen molar-refractivity contribution in [2.45, 2.75) is 187 Å². The predicted octanol–water partition coefficient (Wildman–Crippen LogP) is 14.1. The van der Waals surface area contributed by atoms with E-state index in [4.69, 9.17) is 15.9 Å². The summed E-state index contributed by atoms with van der Waals surface area (Å²) in [5.41, 5.74) is -1.50. The number of ketones is 4. The number of fused-ring (bicyclic) bond motifs is 14. The third-order valence-electron chi connectivity index (χ3n) is 25.7. The molecule has 82 heavy (non-hydrogen) atoms. The number of allylic oxidation sites excluding steroid dienone is 8. The number of hydrogen-bond acceptors (Lipinski definition) is 9. The predicted molar refractivity (Wildman–Crippen MR) is 313 cm³/mol. The third kappa shape index (κ3) is 8.07. The maximum Gasteiger partial charge on any atom is 0.238 e. The SMILES string of the molecule is [2H]C([2H])On1ccnc1.[C-]#[N+]C1=C[C@]2(C)C3=CC(=O)C4C5CC(C)(C)CC[C@]5(C#N)CC[C@@]4(C)[C@]3(C)CC[C@H]2C(C)(C)C1=O.[C-]#[N+]C1=C[C@]2(C)C3=CC(=O)C4C5CC(C)(C)CC[C@]5(C(=O)n5ccnc5)CC[C@@]4(C)[C@]3(C)CC[C@H]2C(C)(C)C1=O. The minimum absolute atomic E-state index is 0.0318. The summed E-state index contributed by atoms with van der Waals surface area (Å²) < 4.78 is 16.2. The lowest BCUT2D eigenvalue weighted by Gasteiger charge is -2.69. The van der Waals surface area contributed by atoms with E-state index in [-0.39, 0.29) is 108 Å². The first-order valence-corrected chi connectivity index (χ1v) is 30.3. The third-order valence-corrected chi connectivity index (χ3v) is 25.7. The van der Waals surface area contributed by atoms with Crippen LogP contribution in [-0.4, -0.2) is 55.4 Å². The van der Waals surface area contributed by atoms with E-state index >= 15 is 0 Å². The van der Waals surface area contributed by atoms with Crippen LogP contribution in [0.4, 0.5) is 0 Å². The Hall–Kier alpha value is -6.00. The van der Waals surface area contributed by atoms with Gasteiger partial charge in [-0.05, 0) is 158 Å². The van der Waals surface area contributed by atoms with E-state index in [1.165, 1.54) is 23.5 Å². The van der Waals surface area contributed by atoms with Crippen LogP contribution in [0.2, 0.25) is 0 Å². The van der Waals surface area contributed by atoms with Crippen LogP contribution in [0.1, 0.15) is 194 Å². The lowest BCUT2D eigenvalue weighted by atomic mass is 9.34. The van der Waals surface area contributed by atoms with E-state index in [0.717, 1.165) is 101 Å². The second-order valence-electron chi connectivity index (χ2n) is 31.2. The van der Waals surface area contributed by atoms with Gasteiger partial charge in [0.1, 0.15) is 19.7 Å². The fraction of sp³-hybridized carbons (Fsp3) is 0.681. The van der Waals surface area contributed by atoms with Crippen LogP contribution in [0.5, 0.6) is 0 Å². The Morgan fingerprint density at radius 3 is 1.55 bits per heavy atom. The van der Waals surface area contributed by atoms with Gasteiger partial charge in [-0.2, -0.15) is 9.99 Å². The van der Waals surface area contributed by atoms with Gasteiger partial charge < -0.3 is 14.4 Å². The minimum Gasteiger partial charge on any atom is -0.416 e. The molecule has 0 aliphatic heterocycles. The minimum atomic E-state index is -1.29. The summed E-state index contributed by atoms with van der Waals surface area (Å²) in [6.45, 7) is 46.2. The summed E-state index contributed by atoms with van der Waals surface area (Å²) >= 11 is 0. The van der Waals surface area contributed by atoms with Crippen LogP contribution in [0.3, 0.4) is 0 Å². The molecule has 13 heteroatoms. The summed E-state index contributed by atoms with van der Waals surface area (Å²) in [4.78, 5) is 89.1. The van der Waals surface area contributed by atoms with Crippen molar-refractivity contribution in [2.24, 2.45) is 100 Å². The summed E-state index contributed by atoms with van der Waals surface area (Å²) in [5, 5.41) is 10.4. The molecule has 10 aliphatic rings. The molecule has 0 aromatic carbocycles. The zero-order chi connectivity index (χ0) is 61.6. The lowest BCUT2D eigenvalue weighted by molar-refractivity contribution is -0.164. The molecule has 2 aromatic heterocycles. The van der Waals surface area contributed by atoms with Crippen molar-refractivity contribution < 1.29 is 31.6 Å². The van der Waals surface area contributed by atoms with Gasteiger partial charge >= 0.3 is 0 Å². The molecule has 14 atom stereocenters. The van der Waals surface area contributed by atoms with E-state index < -0.39 is 39.6 Å². The van der Waals surface area contributed by atoms with E-state index in [2.05, 4.69) is 99.8 Å². The summed E-state index contributed by atoms with van der Waals surface area (Å²) in [7, 11) is -1.29. The van der Waals surface area contributed by atoms with Crippen molar-refractivity contribution in [1.29, 1.82) is 5.26 Å². The van der Waals surface area contributed by atoms with Gasteiger partial charge in [0, 0.05) is 52.1 Å². The molecule has 6 fully saturated rings. The highest BCUT2D eigenvalue weighted by Crippen LogP contribution is 2.77. The summed E-state index contributed by atoms with van der Waals surface area (Å²) in [6, 6.07) is 2.74. The Balaban J connectivity index is 0.000000164. The van der Waals surface area contributed by atoms with Gasteiger partial charge in [-0.1, -0.05) is 120 Å². The summed E-state index contributed by atoms with van der Waals surface area (Å²) in [5.74, 6) is 0.00461. The normalized spacial score (nSPS) is 42.5. The van der Waals surface area contributed by atoms with Gasteiger partial charge in [0.2, 0.25) is 17.3 Å². The Morgan fingerprint density at radius 2 is 1.09 bits per heavy atom.